The fourth-order valence-corrected chi connectivity index (χ4v) is 2.43. The Morgan fingerprint density at radius 2 is 1.89 bits per heavy atom. The lowest BCUT2D eigenvalue weighted by Gasteiger charge is -2.26. The van der Waals surface area contributed by atoms with Crippen molar-refractivity contribution in [1.82, 2.24) is 10.6 Å². The summed E-state index contributed by atoms with van der Waals surface area (Å²) in [5.41, 5.74) is 0.0178. The number of hydrogen-bond donors (Lipinski definition) is 3. The van der Waals surface area contributed by atoms with E-state index >= 15 is 0 Å². The monoisotopic (exact) mass is 256 g/mol. The maximum atomic E-state index is 11.7. The molecule has 0 saturated heterocycles. The Morgan fingerprint density at radius 3 is 2.39 bits per heavy atom. The van der Waals surface area contributed by atoms with Gasteiger partial charge in [0.25, 0.3) is 0 Å². The van der Waals surface area contributed by atoms with E-state index in [4.69, 9.17) is 0 Å². The number of hydrogen-bond acceptors (Lipinski definition) is 3. The minimum atomic E-state index is 0.0178. The van der Waals surface area contributed by atoms with Crippen molar-refractivity contribution in [1.29, 1.82) is 0 Å². The van der Waals surface area contributed by atoms with Crippen LogP contribution >= 0.6 is 0 Å². The van der Waals surface area contributed by atoms with Gasteiger partial charge in [0, 0.05) is 24.6 Å². The lowest BCUT2D eigenvalue weighted by molar-refractivity contribution is -0.121. The molecule has 0 aromatic rings. The molecule has 0 radical (unpaired) electrons. The zero-order valence-electron chi connectivity index (χ0n) is 12.0. The van der Waals surface area contributed by atoms with Crippen molar-refractivity contribution in [3.05, 3.63) is 0 Å². The minimum Gasteiger partial charge on any atom is -0.396 e. The first-order chi connectivity index (χ1) is 8.49. The number of rotatable bonds is 7. The van der Waals surface area contributed by atoms with Gasteiger partial charge < -0.3 is 15.7 Å². The Hall–Kier alpha value is -0.610. The number of amides is 1. The van der Waals surface area contributed by atoms with Crippen molar-refractivity contribution in [3.8, 4) is 0 Å². The summed E-state index contributed by atoms with van der Waals surface area (Å²) in [5, 5.41) is 15.6. The van der Waals surface area contributed by atoms with Gasteiger partial charge in [0.1, 0.15) is 0 Å². The second kappa shape index (κ2) is 7.10. The molecular weight excluding hydrogens is 228 g/mol. The van der Waals surface area contributed by atoms with Gasteiger partial charge in [-0.1, -0.05) is 26.7 Å². The Morgan fingerprint density at radius 1 is 1.28 bits per heavy atom. The average molecular weight is 256 g/mol. The normalized spacial score (nSPS) is 20.1. The summed E-state index contributed by atoms with van der Waals surface area (Å²) in [5.74, 6) is 0.495. The van der Waals surface area contributed by atoms with Crippen LogP contribution in [0.25, 0.3) is 0 Å². The third kappa shape index (κ3) is 4.58. The quantitative estimate of drug-likeness (QED) is 0.643. The van der Waals surface area contributed by atoms with E-state index in [0.717, 1.165) is 19.4 Å². The predicted molar refractivity (Wildman–Crippen MR) is 73.3 cm³/mol. The molecule has 0 aromatic heterocycles. The van der Waals surface area contributed by atoms with Gasteiger partial charge in [0.15, 0.2) is 0 Å². The van der Waals surface area contributed by atoms with Crippen molar-refractivity contribution in [3.63, 3.8) is 0 Å². The maximum absolute atomic E-state index is 11.7. The summed E-state index contributed by atoms with van der Waals surface area (Å²) in [6, 6.07) is 0.206. The van der Waals surface area contributed by atoms with Crippen LogP contribution in [0.3, 0.4) is 0 Å². The molecule has 0 heterocycles. The van der Waals surface area contributed by atoms with Crippen LogP contribution in [0.2, 0.25) is 0 Å². The summed E-state index contributed by atoms with van der Waals surface area (Å²) in [6.07, 6.45) is 4.53. The zero-order valence-corrected chi connectivity index (χ0v) is 12.0. The summed E-state index contributed by atoms with van der Waals surface area (Å²) in [4.78, 5) is 11.7. The molecule has 106 valence electrons. The molecule has 1 unspecified atom stereocenters. The van der Waals surface area contributed by atoms with E-state index in [1.165, 1.54) is 12.8 Å². The SMILES string of the molecule is CC(C)C(C)NC(=O)CNCC1(CO)CCCC1. The molecule has 4 nitrogen and oxygen atoms in total. The number of carbonyl (C=O) groups is 1. The minimum absolute atomic E-state index is 0.0178. The van der Waals surface area contributed by atoms with Crippen LogP contribution in [0.5, 0.6) is 0 Å². The molecule has 0 spiro atoms. The molecule has 1 aliphatic rings. The number of aliphatic hydroxyl groups excluding tert-OH is 1. The van der Waals surface area contributed by atoms with Gasteiger partial charge in [-0.3, -0.25) is 4.79 Å². The third-order valence-electron chi connectivity index (χ3n) is 4.17. The van der Waals surface area contributed by atoms with E-state index in [2.05, 4.69) is 24.5 Å². The molecule has 18 heavy (non-hydrogen) atoms. The average Bonchev–Trinajstić information content (AvgIpc) is 2.78. The van der Waals surface area contributed by atoms with Crippen LogP contribution < -0.4 is 10.6 Å². The van der Waals surface area contributed by atoms with Crippen LogP contribution in [0, 0.1) is 11.3 Å². The van der Waals surface area contributed by atoms with Crippen LogP contribution in [-0.4, -0.2) is 36.8 Å². The Kier molecular flexibility index (Phi) is 6.09. The number of nitrogens with one attached hydrogen (secondary N) is 2. The third-order valence-corrected chi connectivity index (χ3v) is 4.17. The largest absolute Gasteiger partial charge is 0.396 e. The standard InChI is InChI=1S/C14H28N2O2/c1-11(2)12(3)16-13(18)8-15-9-14(10-17)6-4-5-7-14/h11-12,15,17H,4-10H2,1-3H3,(H,16,18). The van der Waals surface area contributed by atoms with Gasteiger partial charge in [-0.15, -0.1) is 0 Å². The first-order valence-electron chi connectivity index (χ1n) is 7.10. The molecule has 1 aliphatic carbocycles. The van der Waals surface area contributed by atoms with Crippen molar-refractivity contribution >= 4 is 5.91 Å². The van der Waals surface area contributed by atoms with E-state index < -0.39 is 0 Å². The fourth-order valence-electron chi connectivity index (χ4n) is 2.43. The molecule has 3 N–H and O–H groups in total. The van der Waals surface area contributed by atoms with E-state index in [1.54, 1.807) is 0 Å². The highest BCUT2D eigenvalue weighted by molar-refractivity contribution is 5.78. The van der Waals surface area contributed by atoms with Crippen molar-refractivity contribution in [2.24, 2.45) is 11.3 Å². The highest BCUT2D eigenvalue weighted by Gasteiger charge is 2.32. The lowest BCUT2D eigenvalue weighted by atomic mass is 9.87. The second-order valence-electron chi connectivity index (χ2n) is 6.07. The molecular formula is C14H28N2O2. The lowest BCUT2D eigenvalue weighted by Crippen LogP contribution is -2.44. The van der Waals surface area contributed by atoms with Crippen LogP contribution in [0.15, 0.2) is 0 Å². The molecule has 1 rings (SSSR count). The van der Waals surface area contributed by atoms with Gasteiger partial charge in [-0.05, 0) is 25.7 Å². The maximum Gasteiger partial charge on any atom is 0.234 e. The topological polar surface area (TPSA) is 61.4 Å². The molecule has 4 heteroatoms. The summed E-state index contributed by atoms with van der Waals surface area (Å²) in [6.45, 7) is 7.53. The molecule has 1 amide bonds. The molecule has 1 atom stereocenters. The molecule has 0 aliphatic heterocycles. The first-order valence-corrected chi connectivity index (χ1v) is 7.10. The van der Waals surface area contributed by atoms with Crippen molar-refractivity contribution < 1.29 is 9.90 Å². The highest BCUT2D eigenvalue weighted by atomic mass is 16.3. The van der Waals surface area contributed by atoms with Crippen LogP contribution in [-0.2, 0) is 4.79 Å². The predicted octanol–water partition coefficient (Wildman–Crippen LogP) is 1.29. The van der Waals surface area contributed by atoms with E-state index in [-0.39, 0.29) is 24.0 Å². The van der Waals surface area contributed by atoms with Gasteiger partial charge >= 0.3 is 0 Å². The number of aliphatic hydroxyl groups is 1. The molecule has 0 aromatic carbocycles. The summed E-state index contributed by atoms with van der Waals surface area (Å²) in [7, 11) is 0. The van der Waals surface area contributed by atoms with Crippen LogP contribution in [0.1, 0.15) is 46.5 Å². The number of carbonyl (C=O) groups excluding carboxylic acids is 1. The van der Waals surface area contributed by atoms with Crippen molar-refractivity contribution in [2.75, 3.05) is 19.7 Å². The first kappa shape index (κ1) is 15.4. The van der Waals surface area contributed by atoms with E-state index in [9.17, 15) is 9.90 Å². The molecule has 1 saturated carbocycles. The van der Waals surface area contributed by atoms with Gasteiger partial charge in [-0.25, -0.2) is 0 Å². The van der Waals surface area contributed by atoms with Gasteiger partial charge in [-0.2, -0.15) is 0 Å². The Balaban J connectivity index is 2.22. The van der Waals surface area contributed by atoms with Crippen molar-refractivity contribution in [2.45, 2.75) is 52.5 Å². The van der Waals surface area contributed by atoms with E-state index in [1.807, 2.05) is 6.92 Å². The fraction of sp³-hybridized carbons (Fsp3) is 0.929. The Labute approximate surface area is 111 Å². The van der Waals surface area contributed by atoms with Gasteiger partial charge in [0.2, 0.25) is 5.91 Å². The van der Waals surface area contributed by atoms with E-state index in [0.29, 0.717) is 12.5 Å². The van der Waals surface area contributed by atoms with Crippen LogP contribution in [0.4, 0.5) is 0 Å². The Bertz CT molecular complexity index is 261. The smallest absolute Gasteiger partial charge is 0.234 e. The summed E-state index contributed by atoms with van der Waals surface area (Å²) >= 11 is 0. The highest BCUT2D eigenvalue weighted by Crippen LogP contribution is 2.36. The molecule has 1 fully saturated rings. The molecule has 0 bridgehead atoms. The second-order valence-corrected chi connectivity index (χ2v) is 6.07. The summed E-state index contributed by atoms with van der Waals surface area (Å²) < 4.78 is 0. The van der Waals surface area contributed by atoms with Gasteiger partial charge in [0.05, 0.1) is 6.54 Å². The zero-order chi connectivity index (χ0) is 13.6.